The molecule has 1 atom stereocenters. The van der Waals surface area contributed by atoms with Gasteiger partial charge in [0.15, 0.2) is 0 Å². The van der Waals surface area contributed by atoms with Gasteiger partial charge in [-0.3, -0.25) is 4.90 Å². The van der Waals surface area contributed by atoms with E-state index in [9.17, 15) is 0 Å². The Morgan fingerprint density at radius 2 is 1.88 bits per heavy atom. The fraction of sp³-hybridized carbons (Fsp3) is 1.00. The van der Waals surface area contributed by atoms with Crippen molar-refractivity contribution < 1.29 is 4.74 Å². The second-order valence-electron chi connectivity index (χ2n) is 6.09. The predicted octanol–water partition coefficient (Wildman–Crippen LogP) is 1.73. The summed E-state index contributed by atoms with van der Waals surface area (Å²) in [5.41, 5.74) is 0.382. The fourth-order valence-corrected chi connectivity index (χ4v) is 1.78. The van der Waals surface area contributed by atoms with Crippen molar-refractivity contribution in [2.24, 2.45) is 5.41 Å². The third-order valence-electron chi connectivity index (χ3n) is 2.96. The highest BCUT2D eigenvalue weighted by atomic mass is 16.5. The third-order valence-corrected chi connectivity index (χ3v) is 2.96. The molecule has 0 bridgehead atoms. The first kappa shape index (κ1) is 13.9. The molecule has 1 aliphatic heterocycles. The van der Waals surface area contributed by atoms with Gasteiger partial charge in [-0.1, -0.05) is 20.8 Å². The Morgan fingerprint density at radius 1 is 1.25 bits per heavy atom. The van der Waals surface area contributed by atoms with Crippen LogP contribution in [0.1, 0.15) is 34.1 Å². The molecule has 1 unspecified atom stereocenters. The minimum atomic E-state index is 0.382. The Balaban J connectivity index is 2.07. The Kier molecular flexibility index (Phi) is 5.73. The van der Waals surface area contributed by atoms with E-state index in [1.54, 1.807) is 0 Å². The minimum absolute atomic E-state index is 0.382. The maximum Gasteiger partial charge on any atom is 0.0594 e. The van der Waals surface area contributed by atoms with Crippen LogP contribution in [-0.2, 0) is 4.74 Å². The molecular weight excluding hydrogens is 200 g/mol. The van der Waals surface area contributed by atoms with Crippen LogP contribution in [0.25, 0.3) is 0 Å². The van der Waals surface area contributed by atoms with Gasteiger partial charge in [0.1, 0.15) is 0 Å². The van der Waals surface area contributed by atoms with Gasteiger partial charge in [-0.25, -0.2) is 0 Å². The number of hydrogen-bond acceptors (Lipinski definition) is 3. The molecule has 1 rings (SSSR count). The van der Waals surface area contributed by atoms with Crippen molar-refractivity contribution in [1.82, 2.24) is 10.2 Å². The number of morpholine rings is 1. The Hall–Kier alpha value is -0.120. The minimum Gasteiger partial charge on any atom is -0.379 e. The van der Waals surface area contributed by atoms with E-state index < -0.39 is 0 Å². The maximum atomic E-state index is 5.34. The molecule has 0 spiro atoms. The van der Waals surface area contributed by atoms with Crippen molar-refractivity contribution in [3.05, 3.63) is 0 Å². The molecule has 0 aromatic heterocycles. The van der Waals surface area contributed by atoms with Gasteiger partial charge >= 0.3 is 0 Å². The highest BCUT2D eigenvalue weighted by Gasteiger charge is 2.14. The molecule has 0 aromatic carbocycles. The van der Waals surface area contributed by atoms with Gasteiger partial charge in [0.2, 0.25) is 0 Å². The maximum absolute atomic E-state index is 5.34. The quantitative estimate of drug-likeness (QED) is 0.775. The van der Waals surface area contributed by atoms with Crippen LogP contribution in [0.3, 0.4) is 0 Å². The molecule has 0 radical (unpaired) electrons. The van der Waals surface area contributed by atoms with E-state index in [1.807, 2.05) is 0 Å². The third kappa shape index (κ3) is 6.46. The van der Waals surface area contributed by atoms with E-state index in [0.29, 0.717) is 11.5 Å². The van der Waals surface area contributed by atoms with Crippen LogP contribution in [-0.4, -0.2) is 50.3 Å². The molecule has 0 aromatic rings. The molecule has 1 N–H and O–H groups in total. The van der Waals surface area contributed by atoms with Gasteiger partial charge in [0.25, 0.3) is 0 Å². The van der Waals surface area contributed by atoms with Crippen LogP contribution in [0.5, 0.6) is 0 Å². The molecule has 0 aliphatic carbocycles. The second-order valence-corrected chi connectivity index (χ2v) is 6.09. The topological polar surface area (TPSA) is 24.5 Å². The van der Waals surface area contributed by atoms with E-state index in [1.165, 1.54) is 13.0 Å². The standard InChI is InChI=1S/C13H28N2O/c1-12(14-11-13(2,3)4)5-6-15-7-9-16-10-8-15/h12,14H,5-11H2,1-4H3. The summed E-state index contributed by atoms with van der Waals surface area (Å²) in [5, 5.41) is 3.60. The van der Waals surface area contributed by atoms with Crippen LogP contribution in [0.2, 0.25) is 0 Å². The zero-order valence-electron chi connectivity index (χ0n) is 11.4. The van der Waals surface area contributed by atoms with Gasteiger partial charge in [0, 0.05) is 25.7 Å². The largest absolute Gasteiger partial charge is 0.379 e. The summed E-state index contributed by atoms with van der Waals surface area (Å²) < 4.78 is 5.34. The fourth-order valence-electron chi connectivity index (χ4n) is 1.78. The normalized spacial score (nSPS) is 21.0. The van der Waals surface area contributed by atoms with Crippen molar-refractivity contribution in [2.75, 3.05) is 39.4 Å². The summed E-state index contributed by atoms with van der Waals surface area (Å²) >= 11 is 0. The van der Waals surface area contributed by atoms with Crippen molar-refractivity contribution in [3.8, 4) is 0 Å². The van der Waals surface area contributed by atoms with Crippen LogP contribution in [0.15, 0.2) is 0 Å². The number of nitrogens with one attached hydrogen (secondary N) is 1. The van der Waals surface area contributed by atoms with Gasteiger partial charge in [-0.15, -0.1) is 0 Å². The Labute approximate surface area is 101 Å². The van der Waals surface area contributed by atoms with Crippen LogP contribution in [0.4, 0.5) is 0 Å². The summed E-state index contributed by atoms with van der Waals surface area (Å²) in [7, 11) is 0. The van der Waals surface area contributed by atoms with Crippen LogP contribution < -0.4 is 5.32 Å². The van der Waals surface area contributed by atoms with E-state index in [-0.39, 0.29) is 0 Å². The average Bonchev–Trinajstić information content (AvgIpc) is 2.24. The summed E-state index contributed by atoms with van der Waals surface area (Å²) in [6, 6.07) is 0.613. The molecule has 1 saturated heterocycles. The second kappa shape index (κ2) is 6.58. The van der Waals surface area contributed by atoms with Crippen molar-refractivity contribution in [3.63, 3.8) is 0 Å². The number of ether oxygens (including phenoxy) is 1. The molecule has 1 heterocycles. The molecular formula is C13H28N2O. The van der Waals surface area contributed by atoms with E-state index >= 15 is 0 Å². The molecule has 3 heteroatoms. The predicted molar refractivity (Wildman–Crippen MR) is 68.8 cm³/mol. The highest BCUT2D eigenvalue weighted by molar-refractivity contribution is 4.71. The molecule has 96 valence electrons. The number of nitrogens with zero attached hydrogens (tertiary/aromatic N) is 1. The summed E-state index contributed by atoms with van der Waals surface area (Å²) in [6.07, 6.45) is 1.23. The van der Waals surface area contributed by atoms with E-state index in [2.05, 4.69) is 37.9 Å². The zero-order chi connectivity index (χ0) is 12.0. The Bertz CT molecular complexity index is 183. The first-order valence-electron chi connectivity index (χ1n) is 6.51. The summed E-state index contributed by atoms with van der Waals surface area (Å²) in [4.78, 5) is 2.50. The lowest BCUT2D eigenvalue weighted by atomic mass is 9.96. The molecule has 1 fully saturated rings. The lowest BCUT2D eigenvalue weighted by molar-refractivity contribution is 0.0363. The van der Waals surface area contributed by atoms with Gasteiger partial charge in [0.05, 0.1) is 13.2 Å². The Morgan fingerprint density at radius 3 is 2.44 bits per heavy atom. The van der Waals surface area contributed by atoms with E-state index in [0.717, 1.165) is 32.8 Å². The molecule has 3 nitrogen and oxygen atoms in total. The SMILES string of the molecule is CC(CCN1CCOCC1)NCC(C)(C)C. The van der Waals surface area contributed by atoms with E-state index in [4.69, 9.17) is 4.74 Å². The number of hydrogen-bond donors (Lipinski definition) is 1. The lowest BCUT2D eigenvalue weighted by Crippen LogP contribution is -2.40. The molecule has 1 aliphatic rings. The van der Waals surface area contributed by atoms with Crippen LogP contribution >= 0.6 is 0 Å². The molecule has 16 heavy (non-hydrogen) atoms. The van der Waals surface area contributed by atoms with Gasteiger partial charge in [-0.2, -0.15) is 0 Å². The molecule has 0 amide bonds. The first-order chi connectivity index (χ1) is 7.47. The number of rotatable bonds is 5. The van der Waals surface area contributed by atoms with Crippen molar-refractivity contribution >= 4 is 0 Å². The van der Waals surface area contributed by atoms with Gasteiger partial charge in [-0.05, 0) is 25.3 Å². The van der Waals surface area contributed by atoms with Crippen molar-refractivity contribution in [1.29, 1.82) is 0 Å². The molecule has 0 saturated carbocycles. The monoisotopic (exact) mass is 228 g/mol. The highest BCUT2D eigenvalue weighted by Crippen LogP contribution is 2.11. The summed E-state index contributed by atoms with van der Waals surface area (Å²) in [6.45, 7) is 15.4. The van der Waals surface area contributed by atoms with Crippen LogP contribution in [0, 0.1) is 5.41 Å². The first-order valence-corrected chi connectivity index (χ1v) is 6.51. The lowest BCUT2D eigenvalue weighted by Gasteiger charge is -2.28. The average molecular weight is 228 g/mol. The van der Waals surface area contributed by atoms with Crippen molar-refractivity contribution in [2.45, 2.75) is 40.2 Å². The zero-order valence-corrected chi connectivity index (χ0v) is 11.4. The smallest absolute Gasteiger partial charge is 0.0594 e. The van der Waals surface area contributed by atoms with Gasteiger partial charge < -0.3 is 10.1 Å². The summed E-state index contributed by atoms with van der Waals surface area (Å²) in [5.74, 6) is 0.